The van der Waals surface area contributed by atoms with Crippen LogP contribution in [0.5, 0.6) is 5.75 Å². The van der Waals surface area contributed by atoms with Crippen molar-refractivity contribution in [2.24, 2.45) is 0 Å². The maximum absolute atomic E-state index is 5.99. The van der Waals surface area contributed by atoms with Crippen LogP contribution >= 0.6 is 11.6 Å². The predicted octanol–water partition coefficient (Wildman–Crippen LogP) is 3.44. The molecule has 2 aromatic carbocycles. The SMILES string of the molecule is CC(C)Oc1ccc(-n2nc3cc(N)c(Cl)cc3n2)cc1. The van der Waals surface area contributed by atoms with Crippen LogP contribution in [0.25, 0.3) is 16.7 Å². The van der Waals surface area contributed by atoms with Gasteiger partial charge < -0.3 is 10.5 Å². The van der Waals surface area contributed by atoms with Crippen molar-refractivity contribution in [1.29, 1.82) is 0 Å². The van der Waals surface area contributed by atoms with Crippen molar-refractivity contribution in [3.8, 4) is 11.4 Å². The minimum Gasteiger partial charge on any atom is -0.491 e. The fourth-order valence-electron chi connectivity index (χ4n) is 2.00. The van der Waals surface area contributed by atoms with Crippen molar-refractivity contribution in [3.05, 3.63) is 41.4 Å². The average Bonchev–Trinajstić information content (AvgIpc) is 2.82. The Bertz CT molecular complexity index is 741. The number of ether oxygens (including phenoxy) is 1. The molecule has 0 radical (unpaired) electrons. The van der Waals surface area contributed by atoms with Gasteiger partial charge >= 0.3 is 0 Å². The highest BCUT2D eigenvalue weighted by molar-refractivity contribution is 6.33. The first-order valence-corrected chi connectivity index (χ1v) is 7.00. The van der Waals surface area contributed by atoms with Crippen molar-refractivity contribution in [2.45, 2.75) is 20.0 Å². The largest absolute Gasteiger partial charge is 0.491 e. The molecule has 1 heterocycles. The van der Waals surface area contributed by atoms with Crippen molar-refractivity contribution < 1.29 is 4.74 Å². The van der Waals surface area contributed by atoms with Crippen LogP contribution in [0.2, 0.25) is 5.02 Å². The Morgan fingerprint density at radius 2 is 1.71 bits per heavy atom. The summed E-state index contributed by atoms with van der Waals surface area (Å²) in [6.45, 7) is 3.98. The first kappa shape index (κ1) is 13.7. The topological polar surface area (TPSA) is 66.0 Å². The highest BCUT2D eigenvalue weighted by Crippen LogP contribution is 2.24. The van der Waals surface area contributed by atoms with Gasteiger partial charge in [-0.15, -0.1) is 10.2 Å². The van der Waals surface area contributed by atoms with Crippen LogP contribution in [-0.2, 0) is 0 Å². The van der Waals surface area contributed by atoms with Gasteiger partial charge in [0.2, 0.25) is 0 Å². The molecule has 3 rings (SSSR count). The third-order valence-corrected chi connectivity index (χ3v) is 3.27. The molecule has 5 nitrogen and oxygen atoms in total. The molecule has 0 fully saturated rings. The number of benzene rings is 2. The molecule has 0 unspecified atom stereocenters. The van der Waals surface area contributed by atoms with E-state index in [2.05, 4.69) is 10.2 Å². The molecule has 0 saturated heterocycles. The summed E-state index contributed by atoms with van der Waals surface area (Å²) in [5, 5.41) is 9.28. The molecule has 0 aliphatic rings. The summed E-state index contributed by atoms with van der Waals surface area (Å²) in [6.07, 6.45) is 0.145. The summed E-state index contributed by atoms with van der Waals surface area (Å²) < 4.78 is 5.61. The quantitative estimate of drug-likeness (QED) is 0.753. The first-order chi connectivity index (χ1) is 10.0. The van der Waals surface area contributed by atoms with Crippen LogP contribution < -0.4 is 10.5 Å². The lowest BCUT2D eigenvalue weighted by molar-refractivity contribution is 0.242. The molecule has 0 amide bonds. The van der Waals surface area contributed by atoms with Gasteiger partial charge in [0.05, 0.1) is 22.5 Å². The van der Waals surface area contributed by atoms with E-state index in [4.69, 9.17) is 22.1 Å². The molecule has 1 aromatic heterocycles. The molecule has 3 aromatic rings. The molecule has 21 heavy (non-hydrogen) atoms. The van der Waals surface area contributed by atoms with Gasteiger partial charge in [0.15, 0.2) is 0 Å². The monoisotopic (exact) mass is 302 g/mol. The lowest BCUT2D eigenvalue weighted by Crippen LogP contribution is -2.05. The normalized spacial score (nSPS) is 11.2. The van der Waals surface area contributed by atoms with Gasteiger partial charge in [0.1, 0.15) is 16.8 Å². The zero-order chi connectivity index (χ0) is 15.0. The maximum atomic E-state index is 5.99. The zero-order valence-electron chi connectivity index (χ0n) is 11.7. The van der Waals surface area contributed by atoms with E-state index in [1.165, 1.54) is 0 Å². The third-order valence-electron chi connectivity index (χ3n) is 2.94. The van der Waals surface area contributed by atoms with Crippen LogP contribution in [-0.4, -0.2) is 21.1 Å². The minimum absolute atomic E-state index is 0.145. The van der Waals surface area contributed by atoms with Gasteiger partial charge in [-0.1, -0.05) is 11.6 Å². The number of hydrogen-bond donors (Lipinski definition) is 1. The molecule has 6 heteroatoms. The number of rotatable bonds is 3. The number of hydrogen-bond acceptors (Lipinski definition) is 4. The Hall–Kier alpha value is -2.27. The summed E-state index contributed by atoms with van der Waals surface area (Å²) in [5.41, 5.74) is 8.53. The number of anilines is 1. The predicted molar refractivity (Wildman–Crippen MR) is 84.1 cm³/mol. The standard InChI is InChI=1S/C15H15ClN4O/c1-9(2)21-11-5-3-10(4-6-11)20-18-14-7-12(16)13(17)8-15(14)19-20/h3-9H,17H2,1-2H3. The van der Waals surface area contributed by atoms with Gasteiger partial charge in [-0.2, -0.15) is 4.80 Å². The van der Waals surface area contributed by atoms with Crippen LogP contribution in [0.1, 0.15) is 13.8 Å². The maximum Gasteiger partial charge on any atom is 0.119 e. The Kier molecular flexibility index (Phi) is 3.43. The van der Waals surface area contributed by atoms with Crippen molar-refractivity contribution >= 4 is 28.3 Å². The van der Waals surface area contributed by atoms with Gasteiger partial charge in [-0.05, 0) is 50.2 Å². The smallest absolute Gasteiger partial charge is 0.119 e. The second kappa shape index (κ2) is 5.26. The lowest BCUT2D eigenvalue weighted by atomic mass is 10.3. The second-order valence-electron chi connectivity index (χ2n) is 5.01. The van der Waals surface area contributed by atoms with E-state index in [0.717, 1.165) is 11.4 Å². The fraction of sp³-hybridized carbons (Fsp3) is 0.200. The number of halogens is 1. The summed E-state index contributed by atoms with van der Waals surface area (Å²) in [5.74, 6) is 0.817. The highest BCUT2D eigenvalue weighted by atomic mass is 35.5. The fourth-order valence-corrected chi connectivity index (χ4v) is 2.16. The number of aromatic nitrogens is 3. The van der Waals surface area contributed by atoms with E-state index in [9.17, 15) is 0 Å². The summed E-state index contributed by atoms with van der Waals surface area (Å²) in [4.78, 5) is 1.56. The molecule has 0 aliphatic carbocycles. The lowest BCUT2D eigenvalue weighted by Gasteiger charge is -2.09. The van der Waals surface area contributed by atoms with Crippen molar-refractivity contribution in [1.82, 2.24) is 15.0 Å². The summed E-state index contributed by atoms with van der Waals surface area (Å²) in [6, 6.07) is 11.0. The molecule has 2 N–H and O–H groups in total. The number of nitrogens with zero attached hydrogens (tertiary/aromatic N) is 3. The number of nitrogens with two attached hydrogens (primary N) is 1. The van der Waals surface area contributed by atoms with Crippen LogP contribution in [0, 0.1) is 0 Å². The molecule has 0 saturated carbocycles. The first-order valence-electron chi connectivity index (χ1n) is 6.62. The third kappa shape index (κ3) is 2.78. The molecule has 0 atom stereocenters. The van der Waals surface area contributed by atoms with E-state index < -0.39 is 0 Å². The Labute approximate surface area is 127 Å². The second-order valence-corrected chi connectivity index (χ2v) is 5.42. The Morgan fingerprint density at radius 3 is 2.33 bits per heavy atom. The molecule has 108 valence electrons. The van der Waals surface area contributed by atoms with Gasteiger partial charge in [0, 0.05) is 0 Å². The van der Waals surface area contributed by atoms with Crippen LogP contribution in [0.15, 0.2) is 36.4 Å². The number of fused-ring (bicyclic) bond motifs is 1. The van der Waals surface area contributed by atoms with Crippen LogP contribution in [0.3, 0.4) is 0 Å². The van der Waals surface area contributed by atoms with E-state index in [1.807, 2.05) is 38.1 Å². The Balaban J connectivity index is 1.96. The van der Waals surface area contributed by atoms with Gasteiger partial charge in [-0.3, -0.25) is 0 Å². The summed E-state index contributed by atoms with van der Waals surface area (Å²) >= 11 is 5.99. The molecule has 0 spiro atoms. The zero-order valence-corrected chi connectivity index (χ0v) is 12.5. The van der Waals surface area contributed by atoms with Gasteiger partial charge in [0.25, 0.3) is 0 Å². The van der Waals surface area contributed by atoms with E-state index in [0.29, 0.717) is 21.7 Å². The highest BCUT2D eigenvalue weighted by Gasteiger charge is 2.08. The minimum atomic E-state index is 0.145. The molecular formula is C15H15ClN4O. The molecule has 0 bridgehead atoms. The molecular weight excluding hydrogens is 288 g/mol. The Morgan fingerprint density at radius 1 is 1.10 bits per heavy atom. The van der Waals surface area contributed by atoms with E-state index in [1.54, 1.807) is 16.9 Å². The van der Waals surface area contributed by atoms with E-state index >= 15 is 0 Å². The van der Waals surface area contributed by atoms with Crippen LogP contribution in [0.4, 0.5) is 5.69 Å². The van der Waals surface area contributed by atoms with E-state index in [-0.39, 0.29) is 6.10 Å². The summed E-state index contributed by atoms with van der Waals surface area (Å²) in [7, 11) is 0. The molecule has 0 aliphatic heterocycles. The van der Waals surface area contributed by atoms with Crippen molar-refractivity contribution in [3.63, 3.8) is 0 Å². The average molecular weight is 303 g/mol. The number of nitrogen functional groups attached to an aromatic ring is 1. The van der Waals surface area contributed by atoms with Crippen molar-refractivity contribution in [2.75, 3.05) is 5.73 Å². The van der Waals surface area contributed by atoms with Gasteiger partial charge in [-0.25, -0.2) is 0 Å².